The lowest BCUT2D eigenvalue weighted by Gasteiger charge is -2.16. The molecule has 6 heteroatoms. The smallest absolute Gasteiger partial charge is 0.0973 e. The highest BCUT2D eigenvalue weighted by Gasteiger charge is 2.11. The van der Waals surface area contributed by atoms with Crippen LogP contribution in [-0.2, 0) is 10.1 Å². The second-order valence-corrected chi connectivity index (χ2v) is 5.06. The fourth-order valence-electron chi connectivity index (χ4n) is 0.598. The zero-order valence-corrected chi connectivity index (χ0v) is 8.65. The van der Waals surface area contributed by atoms with E-state index in [1.54, 1.807) is 6.92 Å². The molecule has 0 fully saturated rings. The Morgan fingerprint density at radius 2 is 1.82 bits per heavy atom. The first kappa shape index (κ1) is 13.8. The van der Waals surface area contributed by atoms with Crippen LogP contribution in [0.25, 0.3) is 0 Å². The van der Waals surface area contributed by atoms with Crippen molar-refractivity contribution in [2.75, 3.05) is 0 Å². The summed E-state index contributed by atoms with van der Waals surface area (Å²) in [5.74, 6) is 0. The van der Waals surface area contributed by atoms with E-state index in [-0.39, 0.29) is 11.4 Å². The van der Waals surface area contributed by atoms with E-state index < -0.39 is 15.4 Å². The van der Waals surface area contributed by atoms with Crippen LogP contribution >= 0.6 is 12.6 Å². The Labute approximate surface area is 73.1 Å². The van der Waals surface area contributed by atoms with E-state index >= 15 is 0 Å². The third-order valence-electron chi connectivity index (χ3n) is 1.17. The monoisotopic (exact) mass is 201 g/mol. The summed E-state index contributed by atoms with van der Waals surface area (Å²) in [7, 11) is -4.10. The number of hydrogen-bond donors (Lipinski definition) is 2. The van der Waals surface area contributed by atoms with Crippen molar-refractivity contribution in [3.8, 4) is 0 Å². The van der Waals surface area contributed by atoms with Crippen LogP contribution < -0.4 is 6.15 Å². The van der Waals surface area contributed by atoms with Crippen LogP contribution in [0.3, 0.4) is 0 Å². The molecule has 0 rings (SSSR count). The molecule has 0 spiro atoms. The number of quaternary nitrogens is 1. The summed E-state index contributed by atoms with van der Waals surface area (Å²) in [5, 5.41) is -0.862. The normalized spacial score (nSPS) is 16.7. The molecule has 0 saturated heterocycles. The van der Waals surface area contributed by atoms with Gasteiger partial charge in [0.2, 0.25) is 0 Å². The molecule has 0 amide bonds. The van der Waals surface area contributed by atoms with Gasteiger partial charge in [-0.1, -0.05) is 6.92 Å². The van der Waals surface area contributed by atoms with Crippen molar-refractivity contribution in [3.05, 3.63) is 0 Å². The minimum Gasteiger partial charge on any atom is -0.748 e. The van der Waals surface area contributed by atoms with Crippen molar-refractivity contribution in [1.82, 2.24) is 6.15 Å². The zero-order chi connectivity index (χ0) is 8.36. The molecule has 4 nitrogen and oxygen atoms in total. The number of thiol groups is 1. The summed E-state index contributed by atoms with van der Waals surface area (Å²) in [5.41, 5.74) is 0. The van der Waals surface area contributed by atoms with Crippen molar-refractivity contribution in [1.29, 1.82) is 0 Å². The van der Waals surface area contributed by atoms with Gasteiger partial charge in [0.25, 0.3) is 0 Å². The molecule has 0 aromatic rings. The van der Waals surface area contributed by atoms with E-state index in [0.717, 1.165) is 0 Å². The Kier molecular flexibility index (Phi) is 6.23. The van der Waals surface area contributed by atoms with E-state index in [4.69, 9.17) is 0 Å². The molecular weight excluding hydrogens is 186 g/mol. The molecule has 2 unspecified atom stereocenters. The van der Waals surface area contributed by atoms with E-state index in [1.807, 2.05) is 0 Å². The summed E-state index contributed by atoms with van der Waals surface area (Å²) in [6.45, 7) is 3.15. The van der Waals surface area contributed by atoms with Gasteiger partial charge in [-0.25, -0.2) is 8.42 Å². The summed E-state index contributed by atoms with van der Waals surface area (Å²) in [6, 6.07) is 0. The molecule has 2 atom stereocenters. The zero-order valence-electron chi connectivity index (χ0n) is 6.94. The van der Waals surface area contributed by atoms with Crippen molar-refractivity contribution in [3.63, 3.8) is 0 Å². The molecule has 4 N–H and O–H groups in total. The van der Waals surface area contributed by atoms with Crippen LogP contribution in [0.2, 0.25) is 0 Å². The summed E-state index contributed by atoms with van der Waals surface area (Å²) < 4.78 is 30.8. The minimum absolute atomic E-state index is 0. The average molecular weight is 201 g/mol. The molecule has 0 radical (unpaired) electrons. The molecule has 0 aromatic heterocycles. The quantitative estimate of drug-likeness (QED) is 0.527. The Morgan fingerprint density at radius 1 is 1.45 bits per heavy atom. The first-order valence-electron chi connectivity index (χ1n) is 2.97. The van der Waals surface area contributed by atoms with Gasteiger partial charge in [0.15, 0.2) is 0 Å². The van der Waals surface area contributed by atoms with E-state index in [1.165, 1.54) is 6.92 Å². The molecule has 0 heterocycles. The van der Waals surface area contributed by atoms with Gasteiger partial charge in [0.05, 0.1) is 10.1 Å². The molecule has 0 aliphatic rings. The van der Waals surface area contributed by atoms with Crippen molar-refractivity contribution >= 4 is 22.7 Å². The van der Waals surface area contributed by atoms with Crippen molar-refractivity contribution in [2.45, 2.75) is 30.8 Å². The maximum atomic E-state index is 10.3. The van der Waals surface area contributed by atoms with Gasteiger partial charge >= 0.3 is 0 Å². The van der Waals surface area contributed by atoms with Crippen LogP contribution in [0, 0.1) is 0 Å². The maximum Gasteiger partial charge on any atom is 0.0973 e. The van der Waals surface area contributed by atoms with Gasteiger partial charge in [-0.2, -0.15) is 12.6 Å². The molecule has 11 heavy (non-hydrogen) atoms. The lowest BCUT2D eigenvalue weighted by atomic mass is 10.3. The predicted molar refractivity (Wildman–Crippen MR) is 48.2 cm³/mol. The lowest BCUT2D eigenvalue weighted by molar-refractivity contribution is 0.447. The van der Waals surface area contributed by atoms with Gasteiger partial charge in [0.1, 0.15) is 0 Å². The van der Waals surface area contributed by atoms with Gasteiger partial charge in [-0.15, -0.1) is 0 Å². The second kappa shape index (κ2) is 4.97. The Morgan fingerprint density at radius 3 is 1.91 bits per heavy atom. The van der Waals surface area contributed by atoms with Gasteiger partial charge in [0, 0.05) is 10.5 Å². The third-order valence-corrected chi connectivity index (χ3v) is 2.55. The van der Waals surface area contributed by atoms with Crippen LogP contribution in [-0.4, -0.2) is 23.5 Å². The molecule has 0 bridgehead atoms. The molecule has 0 aromatic carbocycles. The molecule has 0 saturated carbocycles. The minimum atomic E-state index is -4.10. The SMILES string of the molecule is CC(S)CC(C)S(=O)(=O)[O-].[NH4+]. The molecule has 0 aliphatic carbocycles. The highest BCUT2D eigenvalue weighted by atomic mass is 32.2. The maximum absolute atomic E-state index is 10.3. The first-order valence-corrected chi connectivity index (χ1v) is 4.95. The number of rotatable bonds is 3. The fourth-order valence-corrected chi connectivity index (χ4v) is 1.58. The molecule has 0 aliphatic heterocycles. The first-order chi connectivity index (χ1) is 4.34. The highest BCUT2D eigenvalue weighted by Crippen LogP contribution is 2.09. The summed E-state index contributed by atoms with van der Waals surface area (Å²) in [4.78, 5) is 0. The topological polar surface area (TPSA) is 93.7 Å². The average Bonchev–Trinajstić information content (AvgIpc) is 1.60. The predicted octanol–water partition coefficient (Wildman–Crippen LogP) is 1.00. The van der Waals surface area contributed by atoms with Gasteiger partial charge in [-0.3, -0.25) is 0 Å². The van der Waals surface area contributed by atoms with Gasteiger partial charge in [-0.05, 0) is 13.3 Å². The fraction of sp³-hybridized carbons (Fsp3) is 1.00. The number of hydrogen-bond acceptors (Lipinski definition) is 4. The third kappa shape index (κ3) is 6.61. The van der Waals surface area contributed by atoms with Gasteiger partial charge < -0.3 is 10.7 Å². The standard InChI is InChI=1S/C5H12O3S2.H3N/c1-4(9)3-5(2)10(6,7)8;/h4-5,9H,3H2,1-2H3,(H,6,7,8);1H3. The Bertz CT molecular complexity index is 188. The van der Waals surface area contributed by atoms with E-state index in [9.17, 15) is 13.0 Å². The van der Waals surface area contributed by atoms with Crippen LogP contribution in [0.1, 0.15) is 20.3 Å². The van der Waals surface area contributed by atoms with E-state index in [0.29, 0.717) is 6.42 Å². The van der Waals surface area contributed by atoms with Crippen LogP contribution in [0.5, 0.6) is 0 Å². The lowest BCUT2D eigenvalue weighted by Crippen LogP contribution is -2.19. The van der Waals surface area contributed by atoms with Crippen molar-refractivity contribution in [2.24, 2.45) is 0 Å². The van der Waals surface area contributed by atoms with E-state index in [2.05, 4.69) is 12.6 Å². The molecular formula is C5H15NO3S2. The second-order valence-electron chi connectivity index (χ2n) is 2.39. The van der Waals surface area contributed by atoms with Crippen LogP contribution in [0.4, 0.5) is 0 Å². The Hall–Kier alpha value is 0.220. The summed E-state index contributed by atoms with van der Waals surface area (Å²) >= 11 is 3.97. The highest BCUT2D eigenvalue weighted by molar-refractivity contribution is 7.86. The van der Waals surface area contributed by atoms with Crippen LogP contribution in [0.15, 0.2) is 0 Å². The summed E-state index contributed by atoms with van der Waals surface area (Å²) in [6.07, 6.45) is 0.314. The molecule has 70 valence electrons. The van der Waals surface area contributed by atoms with Crippen molar-refractivity contribution < 1.29 is 13.0 Å². The largest absolute Gasteiger partial charge is 0.748 e. The Balaban J connectivity index is 0.